The van der Waals surface area contributed by atoms with E-state index in [0.717, 1.165) is 18.9 Å². The molecule has 10 heteroatoms. The van der Waals surface area contributed by atoms with Gasteiger partial charge in [-0.2, -0.15) is 8.78 Å². The number of fused-ring (bicyclic) bond motifs is 1. The number of rotatable bonds is 8. The Hall–Kier alpha value is -3.69. The first kappa shape index (κ1) is 22.5. The van der Waals surface area contributed by atoms with Gasteiger partial charge in [-0.3, -0.25) is 14.4 Å². The lowest BCUT2D eigenvalue weighted by Gasteiger charge is -2.28. The van der Waals surface area contributed by atoms with E-state index in [1.165, 1.54) is 24.1 Å². The summed E-state index contributed by atoms with van der Waals surface area (Å²) in [4.78, 5) is 39.2. The molecule has 2 aromatic carbocycles. The van der Waals surface area contributed by atoms with E-state index in [9.17, 15) is 28.3 Å². The molecular formula is C23H22F2N2O6. The summed E-state index contributed by atoms with van der Waals surface area (Å²) in [5, 5.41) is 13.0. The van der Waals surface area contributed by atoms with E-state index in [4.69, 9.17) is 4.74 Å². The zero-order valence-electron chi connectivity index (χ0n) is 17.7. The van der Waals surface area contributed by atoms with E-state index in [1.54, 1.807) is 18.2 Å². The van der Waals surface area contributed by atoms with Gasteiger partial charge in [0.25, 0.3) is 5.91 Å². The van der Waals surface area contributed by atoms with Crippen LogP contribution in [0, 0.1) is 5.92 Å². The summed E-state index contributed by atoms with van der Waals surface area (Å²) in [7, 11) is 1.21. The minimum absolute atomic E-state index is 0.0440. The van der Waals surface area contributed by atoms with E-state index in [0.29, 0.717) is 22.4 Å². The number of anilines is 1. The van der Waals surface area contributed by atoms with Crippen molar-refractivity contribution < 1.29 is 37.7 Å². The van der Waals surface area contributed by atoms with E-state index in [2.05, 4.69) is 10.1 Å². The topological polar surface area (TPSA) is 105 Å². The molecule has 2 amide bonds. The second kappa shape index (κ2) is 9.05. The lowest BCUT2D eigenvalue weighted by Crippen LogP contribution is -2.31. The molecule has 4 rings (SSSR count). The van der Waals surface area contributed by atoms with Crippen molar-refractivity contribution in [3.8, 4) is 11.5 Å². The maximum Gasteiger partial charge on any atom is 0.387 e. The number of benzene rings is 2. The minimum Gasteiger partial charge on any atom is -0.504 e. The Balaban J connectivity index is 1.65. The smallest absolute Gasteiger partial charge is 0.387 e. The second-order valence-corrected chi connectivity index (χ2v) is 7.94. The molecule has 33 heavy (non-hydrogen) atoms. The third-order valence-corrected chi connectivity index (χ3v) is 5.72. The average molecular weight is 460 g/mol. The van der Waals surface area contributed by atoms with Crippen molar-refractivity contribution in [1.82, 2.24) is 4.90 Å². The fraction of sp³-hybridized carbons (Fsp3) is 0.348. The number of aromatic hydroxyl groups is 1. The maximum absolute atomic E-state index is 13.4. The number of carbonyl (C=O) groups is 3. The highest BCUT2D eigenvalue weighted by Gasteiger charge is 2.38. The lowest BCUT2D eigenvalue weighted by molar-refractivity contribution is -0.141. The lowest BCUT2D eigenvalue weighted by atomic mass is 10.0. The molecule has 2 aromatic rings. The van der Waals surface area contributed by atoms with E-state index in [1.807, 2.05) is 0 Å². The summed E-state index contributed by atoms with van der Waals surface area (Å²) in [5.41, 5.74) is 1.75. The van der Waals surface area contributed by atoms with Crippen molar-refractivity contribution in [1.29, 1.82) is 0 Å². The number of esters is 1. The molecule has 1 aliphatic carbocycles. The Kier molecular flexibility index (Phi) is 6.17. The zero-order valence-corrected chi connectivity index (χ0v) is 17.7. The predicted molar refractivity (Wildman–Crippen MR) is 112 cm³/mol. The molecular weight excluding hydrogens is 438 g/mol. The maximum atomic E-state index is 13.4. The molecule has 2 aliphatic rings. The predicted octanol–water partition coefficient (Wildman–Crippen LogP) is 3.60. The normalized spacial score (nSPS) is 15.9. The minimum atomic E-state index is -3.12. The number of halogens is 2. The van der Waals surface area contributed by atoms with Gasteiger partial charge in [0.2, 0.25) is 5.91 Å². The van der Waals surface area contributed by atoms with Gasteiger partial charge in [0.15, 0.2) is 11.5 Å². The van der Waals surface area contributed by atoms with Crippen molar-refractivity contribution >= 4 is 23.5 Å². The van der Waals surface area contributed by atoms with Gasteiger partial charge >= 0.3 is 12.6 Å². The van der Waals surface area contributed by atoms with Crippen LogP contribution in [0.4, 0.5) is 14.5 Å². The van der Waals surface area contributed by atoms with Crippen LogP contribution in [0.1, 0.15) is 46.8 Å². The van der Waals surface area contributed by atoms with Crippen LogP contribution < -0.4 is 10.1 Å². The molecule has 1 atom stereocenters. The summed E-state index contributed by atoms with van der Waals surface area (Å²) in [6.45, 7) is -2.97. The summed E-state index contributed by atoms with van der Waals surface area (Å²) in [6, 6.07) is 8.01. The molecule has 0 saturated heterocycles. The SMILES string of the molecule is COC(=O)CC(c1ccc(OC(F)F)c(O)c1)N1Cc2cccc(NC(=O)C3CC3)c2C1=O. The number of amides is 2. The molecule has 0 aromatic heterocycles. The van der Waals surface area contributed by atoms with Crippen molar-refractivity contribution in [2.24, 2.45) is 5.92 Å². The van der Waals surface area contributed by atoms with Crippen molar-refractivity contribution in [3.63, 3.8) is 0 Å². The van der Waals surface area contributed by atoms with E-state index in [-0.39, 0.29) is 24.8 Å². The monoisotopic (exact) mass is 460 g/mol. The molecule has 1 aliphatic heterocycles. The number of phenolic OH excluding ortho intramolecular Hbond substituents is 1. The van der Waals surface area contributed by atoms with Crippen LogP contribution in [0.15, 0.2) is 36.4 Å². The number of phenols is 1. The molecule has 8 nitrogen and oxygen atoms in total. The third kappa shape index (κ3) is 4.74. The highest BCUT2D eigenvalue weighted by Crippen LogP contribution is 2.40. The Morgan fingerprint density at radius 1 is 1.24 bits per heavy atom. The van der Waals surface area contributed by atoms with Gasteiger partial charge in [0, 0.05) is 12.5 Å². The number of alkyl halides is 2. The highest BCUT2D eigenvalue weighted by atomic mass is 19.3. The average Bonchev–Trinajstić information content (AvgIpc) is 3.57. The van der Waals surface area contributed by atoms with Gasteiger partial charge in [0.05, 0.1) is 30.8 Å². The molecule has 0 bridgehead atoms. The molecule has 2 N–H and O–H groups in total. The van der Waals surface area contributed by atoms with Gasteiger partial charge < -0.3 is 24.8 Å². The summed E-state index contributed by atoms with van der Waals surface area (Å²) in [6.07, 6.45) is 1.41. The first-order valence-electron chi connectivity index (χ1n) is 10.4. The molecule has 1 saturated carbocycles. The fourth-order valence-corrected chi connectivity index (χ4v) is 3.91. The van der Waals surface area contributed by atoms with Crippen LogP contribution in [0.2, 0.25) is 0 Å². The van der Waals surface area contributed by atoms with Crippen molar-refractivity contribution in [3.05, 3.63) is 53.1 Å². The van der Waals surface area contributed by atoms with Crippen LogP contribution in [0.3, 0.4) is 0 Å². The molecule has 0 radical (unpaired) electrons. The molecule has 174 valence electrons. The Bertz CT molecular complexity index is 1100. The number of carbonyl (C=O) groups excluding carboxylic acids is 3. The van der Waals surface area contributed by atoms with Crippen LogP contribution >= 0.6 is 0 Å². The Labute approximate surface area is 188 Å². The largest absolute Gasteiger partial charge is 0.504 e. The number of nitrogens with one attached hydrogen (secondary N) is 1. The standard InChI is InChI=1S/C23H22F2N2O6/c1-32-19(29)10-16(13-7-8-18(17(28)9-13)33-23(24)25)27-11-14-3-2-4-15(20(14)22(27)31)26-21(30)12-5-6-12/h2-4,7-9,12,16,23,28H,5-6,10-11H2,1H3,(H,26,30). The van der Waals surface area contributed by atoms with Crippen LogP contribution in [-0.2, 0) is 20.9 Å². The Morgan fingerprint density at radius 2 is 2.00 bits per heavy atom. The first-order chi connectivity index (χ1) is 15.8. The van der Waals surface area contributed by atoms with Gasteiger partial charge in [0.1, 0.15) is 0 Å². The number of hydrogen-bond acceptors (Lipinski definition) is 6. The number of nitrogens with zero attached hydrogens (tertiary/aromatic N) is 1. The van der Waals surface area contributed by atoms with Crippen molar-refractivity contribution in [2.75, 3.05) is 12.4 Å². The van der Waals surface area contributed by atoms with Gasteiger partial charge in [-0.25, -0.2) is 0 Å². The summed E-state index contributed by atoms with van der Waals surface area (Å²) in [5.74, 6) is -2.16. The number of hydrogen-bond donors (Lipinski definition) is 2. The zero-order chi connectivity index (χ0) is 23.7. The number of methoxy groups -OCH3 is 1. The van der Waals surface area contributed by atoms with Crippen molar-refractivity contribution in [2.45, 2.75) is 38.5 Å². The highest BCUT2D eigenvalue weighted by molar-refractivity contribution is 6.07. The van der Waals surface area contributed by atoms with Gasteiger partial charge in [-0.15, -0.1) is 0 Å². The van der Waals surface area contributed by atoms with Crippen LogP contribution in [0.5, 0.6) is 11.5 Å². The number of ether oxygens (including phenoxy) is 2. The summed E-state index contributed by atoms with van der Waals surface area (Å²) >= 11 is 0. The van der Waals surface area contributed by atoms with Gasteiger partial charge in [-0.1, -0.05) is 18.2 Å². The Morgan fingerprint density at radius 3 is 2.64 bits per heavy atom. The fourth-order valence-electron chi connectivity index (χ4n) is 3.91. The van der Waals surface area contributed by atoms with Gasteiger partial charge in [-0.05, 0) is 42.2 Å². The van der Waals surface area contributed by atoms with Crippen LogP contribution in [0.25, 0.3) is 0 Å². The second-order valence-electron chi connectivity index (χ2n) is 7.94. The molecule has 0 spiro atoms. The third-order valence-electron chi connectivity index (χ3n) is 5.72. The van der Waals surface area contributed by atoms with E-state index < -0.39 is 36.0 Å². The quantitative estimate of drug-likeness (QED) is 0.584. The molecule has 1 fully saturated rings. The molecule has 1 heterocycles. The summed E-state index contributed by atoms with van der Waals surface area (Å²) < 4.78 is 34.1. The van der Waals surface area contributed by atoms with E-state index >= 15 is 0 Å². The molecule has 1 unspecified atom stereocenters. The van der Waals surface area contributed by atoms with Crippen LogP contribution in [-0.4, -0.2) is 41.5 Å². The first-order valence-corrected chi connectivity index (χ1v) is 10.4.